The van der Waals surface area contributed by atoms with E-state index in [0.717, 1.165) is 34.6 Å². The molecule has 1 aromatic heterocycles. The minimum Gasteiger partial charge on any atom is -0.489 e. The SMILES string of the molecule is Cc1ccccc1COc1ccccc1C1C2=C(CC(C)(C)CC2=O)Nc2nnnn21. The van der Waals surface area contributed by atoms with E-state index in [-0.39, 0.29) is 11.2 Å². The molecule has 1 aliphatic heterocycles. The third-order valence-corrected chi connectivity index (χ3v) is 6.05. The van der Waals surface area contributed by atoms with Crippen molar-refractivity contribution in [3.8, 4) is 5.75 Å². The Kier molecular flexibility index (Phi) is 4.61. The largest absolute Gasteiger partial charge is 0.489 e. The number of para-hydroxylation sites is 1. The van der Waals surface area contributed by atoms with Crippen molar-refractivity contribution >= 4 is 11.7 Å². The van der Waals surface area contributed by atoms with Crippen LogP contribution in [0.2, 0.25) is 0 Å². The highest BCUT2D eigenvalue weighted by atomic mass is 16.5. The second-order valence-corrected chi connectivity index (χ2v) is 9.06. The minimum absolute atomic E-state index is 0.107. The van der Waals surface area contributed by atoms with Crippen molar-refractivity contribution in [3.63, 3.8) is 0 Å². The molecule has 2 heterocycles. The highest BCUT2D eigenvalue weighted by Gasteiger charge is 2.42. The molecule has 1 aliphatic carbocycles. The normalized spacial score (nSPS) is 19.5. The van der Waals surface area contributed by atoms with Gasteiger partial charge in [-0.3, -0.25) is 4.79 Å². The van der Waals surface area contributed by atoms with Gasteiger partial charge in [-0.2, -0.15) is 4.68 Å². The van der Waals surface area contributed by atoms with Gasteiger partial charge in [0, 0.05) is 23.3 Å². The van der Waals surface area contributed by atoms with Crippen LogP contribution in [0.5, 0.6) is 5.75 Å². The van der Waals surface area contributed by atoms with E-state index in [0.29, 0.717) is 19.0 Å². The molecule has 7 heteroatoms. The maximum absolute atomic E-state index is 13.3. The molecule has 5 rings (SSSR count). The average Bonchev–Trinajstić information content (AvgIpc) is 3.19. The zero-order chi connectivity index (χ0) is 21.6. The summed E-state index contributed by atoms with van der Waals surface area (Å²) in [4.78, 5) is 13.3. The summed E-state index contributed by atoms with van der Waals surface area (Å²) in [6.07, 6.45) is 1.26. The molecule has 1 atom stereocenters. The molecule has 2 aromatic carbocycles. The topological polar surface area (TPSA) is 81.9 Å². The summed E-state index contributed by atoms with van der Waals surface area (Å²) < 4.78 is 7.95. The number of ether oxygens (including phenoxy) is 1. The molecule has 1 unspecified atom stereocenters. The van der Waals surface area contributed by atoms with Crippen molar-refractivity contribution in [2.45, 2.75) is 46.3 Å². The van der Waals surface area contributed by atoms with Crippen molar-refractivity contribution < 1.29 is 9.53 Å². The van der Waals surface area contributed by atoms with Gasteiger partial charge in [0.05, 0.1) is 0 Å². The van der Waals surface area contributed by atoms with Crippen LogP contribution in [-0.2, 0) is 11.4 Å². The van der Waals surface area contributed by atoms with Gasteiger partial charge in [0.25, 0.3) is 0 Å². The van der Waals surface area contributed by atoms with Crippen LogP contribution < -0.4 is 10.1 Å². The molecule has 0 saturated carbocycles. The quantitative estimate of drug-likeness (QED) is 0.687. The molecule has 158 valence electrons. The van der Waals surface area contributed by atoms with Gasteiger partial charge in [0.1, 0.15) is 18.4 Å². The predicted octanol–water partition coefficient (Wildman–Crippen LogP) is 4.22. The smallest absolute Gasteiger partial charge is 0.248 e. The molecule has 7 nitrogen and oxygen atoms in total. The van der Waals surface area contributed by atoms with Gasteiger partial charge in [-0.1, -0.05) is 61.4 Å². The summed E-state index contributed by atoms with van der Waals surface area (Å²) in [5.74, 6) is 1.39. The van der Waals surface area contributed by atoms with Crippen LogP contribution in [0, 0.1) is 12.3 Å². The fourth-order valence-electron chi connectivity index (χ4n) is 4.52. The number of fused-ring (bicyclic) bond motifs is 1. The Morgan fingerprint density at radius 1 is 1.13 bits per heavy atom. The minimum atomic E-state index is -0.419. The number of anilines is 1. The molecule has 0 saturated heterocycles. The van der Waals surface area contributed by atoms with Crippen molar-refractivity contribution in [3.05, 3.63) is 76.5 Å². The maximum atomic E-state index is 13.3. The summed E-state index contributed by atoms with van der Waals surface area (Å²) in [5, 5.41) is 15.5. The lowest BCUT2D eigenvalue weighted by atomic mass is 9.73. The van der Waals surface area contributed by atoms with Crippen LogP contribution >= 0.6 is 0 Å². The van der Waals surface area contributed by atoms with Crippen molar-refractivity contribution in [2.24, 2.45) is 5.41 Å². The highest BCUT2D eigenvalue weighted by Crippen LogP contribution is 2.46. The first-order valence-electron chi connectivity index (χ1n) is 10.5. The molecule has 0 spiro atoms. The maximum Gasteiger partial charge on any atom is 0.248 e. The standard InChI is InChI=1S/C24H25N5O2/c1-15-8-4-5-9-16(15)14-31-20-11-7-6-10-17(20)22-21-18(12-24(2,3)13-19(21)30)25-23-26-27-28-29(22)23/h4-11,22H,12-14H2,1-3H3,(H,25,26,28). The Balaban J connectivity index is 1.57. The number of allylic oxidation sites excluding steroid dienone is 2. The zero-order valence-corrected chi connectivity index (χ0v) is 17.9. The first-order chi connectivity index (χ1) is 14.9. The number of ketones is 1. The summed E-state index contributed by atoms with van der Waals surface area (Å²) in [5.41, 5.74) is 4.71. The number of aromatic nitrogens is 4. The third-order valence-electron chi connectivity index (χ3n) is 6.05. The number of nitrogens with zero attached hydrogens (tertiary/aromatic N) is 4. The van der Waals surface area contributed by atoms with Crippen molar-refractivity contribution in [1.82, 2.24) is 20.2 Å². The molecule has 0 fully saturated rings. The van der Waals surface area contributed by atoms with E-state index < -0.39 is 6.04 Å². The van der Waals surface area contributed by atoms with Gasteiger partial charge in [0.15, 0.2) is 5.78 Å². The molecule has 2 aliphatic rings. The number of hydrogen-bond donors (Lipinski definition) is 1. The number of hydrogen-bond acceptors (Lipinski definition) is 6. The van der Waals surface area contributed by atoms with Crippen molar-refractivity contribution in [2.75, 3.05) is 5.32 Å². The van der Waals surface area contributed by atoms with Crippen LogP contribution in [0.25, 0.3) is 0 Å². The highest BCUT2D eigenvalue weighted by molar-refractivity contribution is 6.00. The number of rotatable bonds is 4. The summed E-state index contributed by atoms with van der Waals surface area (Å²) in [6.45, 7) is 6.75. The van der Waals surface area contributed by atoms with Crippen LogP contribution in [0.1, 0.15) is 49.4 Å². The number of carbonyl (C=O) groups is 1. The number of carbonyl (C=O) groups excluding carboxylic acids is 1. The zero-order valence-electron chi connectivity index (χ0n) is 17.9. The van der Waals surface area contributed by atoms with E-state index in [1.54, 1.807) is 4.68 Å². The summed E-state index contributed by atoms with van der Waals surface area (Å²) >= 11 is 0. The fourth-order valence-corrected chi connectivity index (χ4v) is 4.52. The average molecular weight is 415 g/mol. The van der Waals surface area contributed by atoms with Crippen LogP contribution in [-0.4, -0.2) is 26.0 Å². The number of nitrogens with one attached hydrogen (secondary N) is 1. The first kappa shape index (κ1) is 19.5. The van der Waals surface area contributed by atoms with Gasteiger partial charge in [-0.05, 0) is 46.4 Å². The van der Waals surface area contributed by atoms with Gasteiger partial charge < -0.3 is 10.1 Å². The summed E-state index contributed by atoms with van der Waals surface area (Å²) in [6, 6.07) is 15.6. The third kappa shape index (κ3) is 3.50. The fraction of sp³-hybridized carbons (Fsp3) is 0.333. The van der Waals surface area contributed by atoms with E-state index in [1.807, 2.05) is 36.4 Å². The summed E-state index contributed by atoms with van der Waals surface area (Å²) in [7, 11) is 0. The molecule has 0 amide bonds. The Labute approximate surface area is 181 Å². The van der Waals surface area contributed by atoms with E-state index in [9.17, 15) is 4.79 Å². The Bertz CT molecular complexity index is 1190. The molecule has 31 heavy (non-hydrogen) atoms. The predicted molar refractivity (Wildman–Crippen MR) is 117 cm³/mol. The second-order valence-electron chi connectivity index (χ2n) is 9.06. The molecule has 3 aromatic rings. The van der Waals surface area contributed by atoms with Crippen LogP contribution in [0.3, 0.4) is 0 Å². The molecule has 1 N–H and O–H groups in total. The van der Waals surface area contributed by atoms with Gasteiger partial charge in [-0.25, -0.2) is 0 Å². The number of aryl methyl sites for hydroxylation is 1. The Hall–Kier alpha value is -3.48. The van der Waals surface area contributed by atoms with E-state index in [2.05, 4.69) is 53.7 Å². The Morgan fingerprint density at radius 3 is 2.74 bits per heavy atom. The van der Waals surface area contributed by atoms with Crippen LogP contribution in [0.15, 0.2) is 59.8 Å². The van der Waals surface area contributed by atoms with Crippen molar-refractivity contribution in [1.29, 1.82) is 0 Å². The van der Waals surface area contributed by atoms with E-state index >= 15 is 0 Å². The lowest BCUT2D eigenvalue weighted by molar-refractivity contribution is -0.118. The van der Waals surface area contributed by atoms with Gasteiger partial charge in [0.2, 0.25) is 5.95 Å². The molecular formula is C24H25N5O2. The van der Waals surface area contributed by atoms with Gasteiger partial charge >= 0.3 is 0 Å². The van der Waals surface area contributed by atoms with E-state index in [4.69, 9.17) is 4.74 Å². The lowest BCUT2D eigenvalue weighted by Crippen LogP contribution is -2.36. The monoisotopic (exact) mass is 415 g/mol. The lowest BCUT2D eigenvalue weighted by Gasteiger charge is -2.38. The molecule has 0 bridgehead atoms. The Morgan fingerprint density at radius 2 is 1.90 bits per heavy atom. The number of benzene rings is 2. The molecule has 0 radical (unpaired) electrons. The number of tetrazole rings is 1. The molecular weight excluding hydrogens is 390 g/mol. The van der Waals surface area contributed by atoms with Gasteiger partial charge in [-0.15, -0.1) is 0 Å². The van der Waals surface area contributed by atoms with E-state index in [1.165, 1.54) is 5.56 Å². The first-order valence-corrected chi connectivity index (χ1v) is 10.5. The number of Topliss-reactive ketones (excluding diaryl/α,β-unsaturated/α-hetero) is 1. The second kappa shape index (κ2) is 7.34. The van der Waals surface area contributed by atoms with Crippen LogP contribution in [0.4, 0.5) is 5.95 Å².